The summed E-state index contributed by atoms with van der Waals surface area (Å²) in [6.45, 7) is 5.26. The van der Waals surface area contributed by atoms with Crippen LogP contribution in [0.15, 0.2) is 53.4 Å². The number of hydrogen-bond acceptors (Lipinski definition) is 2. The summed E-state index contributed by atoms with van der Waals surface area (Å²) in [6, 6.07) is 9.96. The first-order valence-electron chi connectivity index (χ1n) is 6.73. The zero-order valence-electron chi connectivity index (χ0n) is 11.9. The van der Waals surface area contributed by atoms with Crippen LogP contribution in [-0.2, 0) is 11.3 Å². The van der Waals surface area contributed by atoms with Gasteiger partial charge in [-0.2, -0.15) is 0 Å². The van der Waals surface area contributed by atoms with Gasteiger partial charge >= 0.3 is 0 Å². The maximum Gasteiger partial charge on any atom is 0.246 e. The molecule has 0 atom stereocenters. The molecule has 2 aromatic rings. The Morgan fingerprint density at radius 2 is 2.00 bits per heavy atom. The molecular weight excluding hydrogens is 250 g/mol. The third kappa shape index (κ3) is 3.85. The number of nitrogens with zero attached hydrogens (tertiary/aromatic N) is 1. The van der Waals surface area contributed by atoms with Gasteiger partial charge in [-0.3, -0.25) is 4.79 Å². The van der Waals surface area contributed by atoms with Gasteiger partial charge < -0.3 is 9.32 Å². The molecule has 1 aromatic heterocycles. The van der Waals surface area contributed by atoms with Crippen molar-refractivity contribution < 1.29 is 9.21 Å². The average molecular weight is 269 g/mol. The van der Waals surface area contributed by atoms with Gasteiger partial charge in [-0.15, -0.1) is 0 Å². The van der Waals surface area contributed by atoms with Gasteiger partial charge in [0.25, 0.3) is 0 Å². The molecule has 1 heterocycles. The van der Waals surface area contributed by atoms with Crippen molar-refractivity contribution >= 4 is 12.0 Å². The molecule has 2 rings (SSSR count). The molecule has 1 aromatic carbocycles. The zero-order valence-corrected chi connectivity index (χ0v) is 11.9. The summed E-state index contributed by atoms with van der Waals surface area (Å²) in [5.74, 6) is 0.00859. The predicted octanol–water partition coefficient (Wildman–Crippen LogP) is 3.65. The molecule has 3 heteroatoms. The smallest absolute Gasteiger partial charge is 0.246 e. The minimum Gasteiger partial charge on any atom is -0.472 e. The van der Waals surface area contributed by atoms with E-state index in [4.69, 9.17) is 4.42 Å². The van der Waals surface area contributed by atoms with Gasteiger partial charge in [-0.05, 0) is 31.6 Å². The monoisotopic (exact) mass is 269 g/mol. The number of aryl methyl sites for hydroxylation is 1. The molecule has 0 aliphatic carbocycles. The van der Waals surface area contributed by atoms with Crippen molar-refractivity contribution in [3.8, 4) is 0 Å². The van der Waals surface area contributed by atoms with Gasteiger partial charge in [0.15, 0.2) is 0 Å². The van der Waals surface area contributed by atoms with E-state index >= 15 is 0 Å². The molecule has 0 N–H and O–H groups in total. The van der Waals surface area contributed by atoms with Crippen LogP contribution < -0.4 is 0 Å². The van der Waals surface area contributed by atoms with Crippen LogP contribution >= 0.6 is 0 Å². The van der Waals surface area contributed by atoms with E-state index in [-0.39, 0.29) is 5.91 Å². The Bertz CT molecular complexity index is 568. The highest BCUT2D eigenvalue weighted by Crippen LogP contribution is 2.08. The van der Waals surface area contributed by atoms with E-state index in [1.54, 1.807) is 23.5 Å². The standard InChI is InChI=1S/C17H19NO2/c1-3-18(12-16-10-11-20-13-16)17(19)9-8-15-6-4-14(2)5-7-15/h4-11,13H,3,12H2,1-2H3/b9-8+. The molecule has 0 aliphatic rings. The van der Waals surface area contributed by atoms with E-state index in [9.17, 15) is 4.79 Å². The first-order valence-corrected chi connectivity index (χ1v) is 6.73. The predicted molar refractivity (Wildman–Crippen MR) is 80.0 cm³/mol. The molecule has 0 saturated carbocycles. The van der Waals surface area contributed by atoms with E-state index in [2.05, 4.69) is 0 Å². The van der Waals surface area contributed by atoms with Crippen LogP contribution in [0.4, 0.5) is 0 Å². The minimum atomic E-state index is 0.00859. The summed E-state index contributed by atoms with van der Waals surface area (Å²) >= 11 is 0. The fourth-order valence-corrected chi connectivity index (χ4v) is 1.90. The second kappa shape index (κ2) is 6.75. The van der Waals surface area contributed by atoms with E-state index in [0.717, 1.165) is 11.1 Å². The Labute approximate surface area is 119 Å². The summed E-state index contributed by atoms with van der Waals surface area (Å²) in [4.78, 5) is 13.9. The Morgan fingerprint density at radius 1 is 1.25 bits per heavy atom. The topological polar surface area (TPSA) is 33.5 Å². The summed E-state index contributed by atoms with van der Waals surface area (Å²) < 4.78 is 5.02. The Kier molecular flexibility index (Phi) is 4.77. The minimum absolute atomic E-state index is 0.00859. The first kappa shape index (κ1) is 14.1. The van der Waals surface area contributed by atoms with Crippen LogP contribution in [0.2, 0.25) is 0 Å². The van der Waals surface area contributed by atoms with Gasteiger partial charge in [-0.25, -0.2) is 0 Å². The molecular formula is C17H19NO2. The highest BCUT2D eigenvalue weighted by Gasteiger charge is 2.09. The van der Waals surface area contributed by atoms with E-state index in [1.165, 1.54) is 5.56 Å². The number of hydrogen-bond donors (Lipinski definition) is 0. The first-order chi connectivity index (χ1) is 9.69. The second-order valence-corrected chi connectivity index (χ2v) is 4.73. The fourth-order valence-electron chi connectivity index (χ4n) is 1.90. The molecule has 0 fully saturated rings. The molecule has 0 spiro atoms. The van der Waals surface area contributed by atoms with Gasteiger partial charge in [0, 0.05) is 24.7 Å². The van der Waals surface area contributed by atoms with Gasteiger partial charge in [0.2, 0.25) is 5.91 Å². The number of amides is 1. The van der Waals surface area contributed by atoms with Crippen LogP contribution in [0, 0.1) is 6.92 Å². The van der Waals surface area contributed by atoms with Gasteiger partial charge in [-0.1, -0.05) is 29.8 Å². The van der Waals surface area contributed by atoms with Crippen molar-refractivity contribution in [1.29, 1.82) is 0 Å². The van der Waals surface area contributed by atoms with Gasteiger partial charge in [0.05, 0.1) is 12.5 Å². The molecule has 104 valence electrons. The summed E-state index contributed by atoms with van der Waals surface area (Å²) in [7, 11) is 0. The van der Waals surface area contributed by atoms with Crippen molar-refractivity contribution in [2.24, 2.45) is 0 Å². The molecule has 0 aliphatic heterocycles. The molecule has 0 saturated heterocycles. The van der Waals surface area contributed by atoms with Crippen molar-refractivity contribution in [1.82, 2.24) is 4.90 Å². The highest BCUT2D eigenvalue weighted by atomic mass is 16.3. The number of rotatable bonds is 5. The molecule has 0 radical (unpaired) electrons. The lowest BCUT2D eigenvalue weighted by Crippen LogP contribution is -2.28. The van der Waals surface area contributed by atoms with E-state index in [0.29, 0.717) is 13.1 Å². The summed E-state index contributed by atoms with van der Waals surface area (Å²) in [6.07, 6.45) is 6.75. The fraction of sp³-hybridized carbons (Fsp3) is 0.235. The largest absolute Gasteiger partial charge is 0.472 e. The number of likely N-dealkylation sites (N-methyl/N-ethyl adjacent to an activating group) is 1. The number of benzene rings is 1. The maximum atomic E-state index is 12.1. The van der Waals surface area contributed by atoms with E-state index in [1.807, 2.05) is 50.3 Å². The van der Waals surface area contributed by atoms with Crippen LogP contribution in [0.5, 0.6) is 0 Å². The SMILES string of the molecule is CCN(Cc1ccoc1)C(=O)/C=C/c1ccc(C)cc1. The third-order valence-corrected chi connectivity index (χ3v) is 3.14. The highest BCUT2D eigenvalue weighted by molar-refractivity contribution is 5.91. The normalized spacial score (nSPS) is 10.9. The van der Waals surface area contributed by atoms with Gasteiger partial charge in [0.1, 0.15) is 0 Å². The second-order valence-electron chi connectivity index (χ2n) is 4.73. The number of carbonyl (C=O) groups excluding carboxylic acids is 1. The quantitative estimate of drug-likeness (QED) is 0.776. The van der Waals surface area contributed by atoms with Crippen molar-refractivity contribution in [2.45, 2.75) is 20.4 Å². The molecule has 0 unspecified atom stereocenters. The van der Waals surface area contributed by atoms with Crippen molar-refractivity contribution in [2.75, 3.05) is 6.54 Å². The Morgan fingerprint density at radius 3 is 2.60 bits per heavy atom. The van der Waals surface area contributed by atoms with E-state index < -0.39 is 0 Å². The third-order valence-electron chi connectivity index (χ3n) is 3.14. The van der Waals surface area contributed by atoms with Crippen LogP contribution in [-0.4, -0.2) is 17.4 Å². The maximum absolute atomic E-state index is 12.1. The Balaban J connectivity index is 2.00. The Hall–Kier alpha value is -2.29. The number of furan rings is 1. The number of carbonyl (C=O) groups is 1. The van der Waals surface area contributed by atoms with Crippen LogP contribution in [0.25, 0.3) is 6.08 Å². The lowest BCUT2D eigenvalue weighted by atomic mass is 10.1. The molecule has 1 amide bonds. The van der Waals surface area contributed by atoms with Crippen LogP contribution in [0.3, 0.4) is 0 Å². The summed E-state index contributed by atoms with van der Waals surface area (Å²) in [5.41, 5.74) is 3.25. The van der Waals surface area contributed by atoms with Crippen molar-refractivity contribution in [3.63, 3.8) is 0 Å². The zero-order chi connectivity index (χ0) is 14.4. The lowest BCUT2D eigenvalue weighted by Gasteiger charge is -2.17. The van der Waals surface area contributed by atoms with Crippen molar-refractivity contribution in [3.05, 3.63) is 65.6 Å². The lowest BCUT2D eigenvalue weighted by molar-refractivity contribution is -0.126. The molecule has 20 heavy (non-hydrogen) atoms. The average Bonchev–Trinajstić information content (AvgIpc) is 2.97. The summed E-state index contributed by atoms with van der Waals surface area (Å²) in [5, 5.41) is 0. The molecule has 3 nitrogen and oxygen atoms in total. The van der Waals surface area contributed by atoms with Crippen LogP contribution in [0.1, 0.15) is 23.6 Å². The molecule has 0 bridgehead atoms.